The molecular formula is C27H29ClN4O9S4. The summed E-state index contributed by atoms with van der Waals surface area (Å²) in [5.41, 5.74) is 1.43. The maximum absolute atomic E-state index is 12.6. The fraction of sp³-hybridized carbons (Fsp3) is 0.111. The van der Waals surface area contributed by atoms with Crippen LogP contribution >= 0.6 is 11.6 Å². The highest BCUT2D eigenvalue weighted by molar-refractivity contribution is 7.92. The number of ether oxygens (including phenoxy) is 1. The quantitative estimate of drug-likeness (QED) is 0.254. The van der Waals surface area contributed by atoms with E-state index in [9.17, 15) is 33.7 Å². The molecule has 0 atom stereocenters. The Morgan fingerprint density at radius 1 is 0.756 bits per heavy atom. The lowest BCUT2D eigenvalue weighted by molar-refractivity contribution is 0.395. The van der Waals surface area contributed by atoms with Crippen molar-refractivity contribution in [2.45, 2.75) is 28.5 Å². The van der Waals surface area contributed by atoms with E-state index >= 15 is 0 Å². The van der Waals surface area contributed by atoms with Gasteiger partial charge in [-0.3, -0.25) is 0 Å². The number of halogens is 1. The lowest BCUT2D eigenvalue weighted by atomic mass is 10.2. The molecule has 4 aromatic rings. The summed E-state index contributed by atoms with van der Waals surface area (Å²) < 4.78 is 101. The summed E-state index contributed by atoms with van der Waals surface area (Å²) >= 11 is 5.54. The van der Waals surface area contributed by atoms with Crippen LogP contribution < -0.4 is 14.7 Å². The van der Waals surface area contributed by atoms with Crippen molar-refractivity contribution in [3.8, 4) is 5.75 Å². The summed E-state index contributed by atoms with van der Waals surface area (Å²) in [7, 11) is -14.4. The summed E-state index contributed by atoms with van der Waals surface area (Å²) in [4.78, 5) is 1.18. The van der Waals surface area contributed by atoms with E-state index in [4.69, 9.17) is 21.5 Å². The molecule has 4 rings (SSSR count). The fourth-order valence-corrected chi connectivity index (χ4v) is 7.05. The van der Waals surface area contributed by atoms with E-state index in [-0.39, 0.29) is 19.2 Å². The molecule has 0 aliphatic heterocycles. The third-order valence-corrected chi connectivity index (χ3v) is 10.0. The topological polar surface area (TPSA) is 199 Å². The molecule has 0 heterocycles. The van der Waals surface area contributed by atoms with E-state index in [1.54, 1.807) is 36.9 Å². The standard InChI is InChI=1S/C14H15N3O7S3.C7H9NO2S.C6H5Cl/c1-11-3-7-14(8-4-11)27(22,23)17(15-25(18)19)16-26(20,21)13-9-5-12(24-2)6-10-13;1-6-4-2-3-5-7(6)11(8,9)10;7-6-4-2-1-3-5-6/h3-10,16H,1-2H3;2-5H,1H3,(H2,8,9,10);1-5H. The van der Waals surface area contributed by atoms with Crippen molar-refractivity contribution in [1.29, 1.82) is 0 Å². The molecular weight excluding hydrogens is 688 g/mol. The number of nitrogens with one attached hydrogen (secondary N) is 1. The van der Waals surface area contributed by atoms with Gasteiger partial charge in [0.2, 0.25) is 10.0 Å². The largest absolute Gasteiger partial charge is 0.497 e. The van der Waals surface area contributed by atoms with Crippen molar-refractivity contribution < 1.29 is 38.4 Å². The summed E-state index contributed by atoms with van der Waals surface area (Å²) in [6, 6.07) is 26.4. The highest BCUT2D eigenvalue weighted by Gasteiger charge is 2.30. The first-order chi connectivity index (χ1) is 21.0. The molecule has 0 unspecified atom stereocenters. The minimum Gasteiger partial charge on any atom is -0.497 e. The molecule has 0 saturated carbocycles. The van der Waals surface area contributed by atoms with Crippen LogP contribution in [0.25, 0.3) is 0 Å². The first-order valence-electron chi connectivity index (χ1n) is 12.4. The predicted molar refractivity (Wildman–Crippen MR) is 169 cm³/mol. The molecule has 0 fully saturated rings. The van der Waals surface area contributed by atoms with Gasteiger partial charge in [-0.15, -0.1) is 4.83 Å². The van der Waals surface area contributed by atoms with E-state index in [1.807, 2.05) is 30.3 Å². The molecule has 13 nitrogen and oxygen atoms in total. The summed E-state index contributed by atoms with van der Waals surface area (Å²) in [6.45, 7) is 3.43. The van der Waals surface area contributed by atoms with Crippen molar-refractivity contribution in [1.82, 2.24) is 9.35 Å². The second kappa shape index (κ2) is 16.6. The van der Waals surface area contributed by atoms with Crippen LogP contribution in [0.3, 0.4) is 0 Å². The van der Waals surface area contributed by atoms with Crippen LogP contribution in [0.15, 0.2) is 122 Å². The van der Waals surface area contributed by atoms with Gasteiger partial charge in [-0.05, 0) is 78.5 Å². The minimum absolute atomic E-state index is 0.194. The van der Waals surface area contributed by atoms with Crippen LogP contribution in [0.2, 0.25) is 5.02 Å². The van der Waals surface area contributed by atoms with Gasteiger partial charge in [0.05, 0.1) is 21.8 Å². The number of aryl methyl sites for hydroxylation is 2. The van der Waals surface area contributed by atoms with Crippen LogP contribution in [-0.2, 0) is 40.6 Å². The Hall–Kier alpha value is -3.68. The van der Waals surface area contributed by atoms with Crippen LogP contribution in [0.4, 0.5) is 0 Å². The smallest absolute Gasteiger partial charge is 0.330 e. The van der Waals surface area contributed by atoms with Gasteiger partial charge >= 0.3 is 10.5 Å². The average molecular weight is 717 g/mol. The molecule has 0 saturated heterocycles. The molecule has 0 aliphatic carbocycles. The number of hydrogen-bond acceptors (Lipinski definition) is 10. The van der Waals surface area contributed by atoms with E-state index in [0.29, 0.717) is 11.3 Å². The fourth-order valence-electron chi connectivity index (χ4n) is 3.18. The molecule has 0 radical (unpaired) electrons. The maximum Gasteiger partial charge on any atom is 0.330 e. The average Bonchev–Trinajstić information content (AvgIpc) is 2.97. The number of nitrogens with two attached hydrogens (primary N) is 1. The van der Waals surface area contributed by atoms with Gasteiger partial charge < -0.3 is 4.74 Å². The molecule has 0 spiro atoms. The first kappa shape index (κ1) is 37.5. The monoisotopic (exact) mass is 716 g/mol. The Morgan fingerprint density at radius 3 is 1.69 bits per heavy atom. The normalized spacial score (nSPS) is 11.3. The van der Waals surface area contributed by atoms with Crippen LogP contribution in [-0.4, -0.2) is 45.3 Å². The summed E-state index contributed by atoms with van der Waals surface area (Å²) in [5, 5.41) is 5.72. The van der Waals surface area contributed by atoms with Gasteiger partial charge in [0.15, 0.2) is 0 Å². The highest BCUT2D eigenvalue weighted by atomic mass is 35.5. The van der Waals surface area contributed by atoms with Crippen LogP contribution in [0.5, 0.6) is 5.75 Å². The summed E-state index contributed by atoms with van der Waals surface area (Å²) in [5.74, 6) is 0.378. The molecule has 0 amide bonds. The predicted octanol–water partition coefficient (Wildman–Crippen LogP) is 3.85. The lowest BCUT2D eigenvalue weighted by Crippen LogP contribution is -2.42. The van der Waals surface area contributed by atoms with Gasteiger partial charge in [0, 0.05) is 9.55 Å². The Balaban J connectivity index is 0.000000316. The van der Waals surface area contributed by atoms with E-state index in [2.05, 4.69) is 4.47 Å². The van der Waals surface area contributed by atoms with Gasteiger partial charge in [-0.2, -0.15) is 8.42 Å². The molecule has 4 aromatic carbocycles. The van der Waals surface area contributed by atoms with Crippen molar-refractivity contribution in [2.24, 2.45) is 9.61 Å². The molecule has 18 heteroatoms. The number of methoxy groups -OCH3 is 1. The Bertz CT molecular complexity index is 2030. The lowest BCUT2D eigenvalue weighted by Gasteiger charge is -2.16. The Labute approximate surface area is 269 Å². The zero-order chi connectivity index (χ0) is 33.8. The van der Waals surface area contributed by atoms with Gasteiger partial charge in [0.25, 0.3) is 20.0 Å². The van der Waals surface area contributed by atoms with Crippen molar-refractivity contribution >= 4 is 52.2 Å². The zero-order valence-electron chi connectivity index (χ0n) is 24.0. The summed E-state index contributed by atoms with van der Waals surface area (Å²) in [6.07, 6.45) is 0. The number of rotatable bonds is 8. The van der Waals surface area contributed by atoms with Crippen molar-refractivity contribution in [2.75, 3.05) is 7.11 Å². The zero-order valence-corrected chi connectivity index (χ0v) is 28.0. The van der Waals surface area contributed by atoms with Crippen LogP contribution in [0, 0.1) is 13.8 Å². The third kappa shape index (κ3) is 12.0. The van der Waals surface area contributed by atoms with E-state index in [0.717, 1.165) is 22.7 Å². The van der Waals surface area contributed by atoms with Crippen LogP contribution in [0.1, 0.15) is 11.1 Å². The number of sulfonamides is 3. The van der Waals surface area contributed by atoms with E-state index < -0.39 is 40.6 Å². The second-order valence-electron chi connectivity index (χ2n) is 8.74. The molecule has 242 valence electrons. The number of benzene rings is 4. The van der Waals surface area contributed by atoms with Crippen molar-refractivity contribution in [3.63, 3.8) is 0 Å². The van der Waals surface area contributed by atoms with Crippen molar-refractivity contribution in [3.05, 3.63) is 119 Å². The number of nitrogens with zero attached hydrogens (tertiary/aromatic N) is 2. The minimum atomic E-state index is -4.61. The van der Waals surface area contributed by atoms with Gasteiger partial charge in [-0.25, -0.2) is 30.4 Å². The number of hydrazine groups is 1. The van der Waals surface area contributed by atoms with Gasteiger partial charge in [0.1, 0.15) is 5.75 Å². The molecule has 0 aromatic heterocycles. The Morgan fingerprint density at radius 2 is 1.27 bits per heavy atom. The molecule has 0 aliphatic rings. The SMILES string of the molecule is COc1ccc(S(=O)(=O)NN(N=S(=O)=O)S(=O)(=O)c2ccc(C)cc2)cc1.Cc1ccccc1S(N)(=O)=O.Clc1ccccc1. The number of hydrogen-bond donors (Lipinski definition) is 2. The molecule has 3 N–H and O–H groups in total. The third-order valence-electron chi connectivity index (χ3n) is 5.39. The second-order valence-corrected chi connectivity index (χ2v) is 14.7. The van der Waals surface area contributed by atoms with E-state index in [1.165, 1.54) is 49.6 Å². The highest BCUT2D eigenvalue weighted by Crippen LogP contribution is 2.19. The molecule has 45 heavy (non-hydrogen) atoms. The Kier molecular flexibility index (Phi) is 13.8. The maximum atomic E-state index is 12.6. The van der Waals surface area contributed by atoms with Gasteiger partial charge in [-0.1, -0.05) is 65.7 Å². The molecule has 0 bridgehead atoms. The first-order valence-corrected chi connectivity index (χ1v) is 18.2. The number of primary sulfonamides is 1.